The number of piperidine rings is 1. The highest BCUT2D eigenvalue weighted by molar-refractivity contribution is 7.92. The van der Waals surface area contributed by atoms with Crippen LogP contribution in [-0.4, -0.2) is 77.6 Å². The molecule has 8 nitrogen and oxygen atoms in total. The fourth-order valence-electron chi connectivity index (χ4n) is 4.01. The number of amides is 1. The summed E-state index contributed by atoms with van der Waals surface area (Å²) in [6.45, 7) is 4.75. The molecule has 0 spiro atoms. The molecule has 1 aromatic carbocycles. The lowest BCUT2D eigenvalue weighted by Gasteiger charge is -2.36. The highest BCUT2D eigenvalue weighted by Gasteiger charge is 2.27. The van der Waals surface area contributed by atoms with E-state index < -0.39 is 15.1 Å². The number of aromatic amines is 1. The van der Waals surface area contributed by atoms with E-state index in [1.165, 1.54) is 0 Å². The van der Waals surface area contributed by atoms with Gasteiger partial charge in [-0.25, -0.2) is 18.4 Å². The van der Waals surface area contributed by atoms with Crippen LogP contribution in [-0.2, 0) is 9.84 Å². The maximum atomic E-state index is 13.3. The Morgan fingerprint density at radius 3 is 2.59 bits per heavy atom. The predicted octanol–water partition coefficient (Wildman–Crippen LogP) is 2.97. The minimum Gasteiger partial charge on any atom is -0.344 e. The summed E-state index contributed by atoms with van der Waals surface area (Å²) in [6, 6.07) is 6.99. The third-order valence-electron chi connectivity index (χ3n) is 6.12. The second-order valence-corrected chi connectivity index (χ2v) is 11.3. The van der Waals surface area contributed by atoms with Crippen molar-refractivity contribution in [1.29, 1.82) is 0 Å². The van der Waals surface area contributed by atoms with Crippen LogP contribution < -0.4 is 0 Å². The number of H-pyrrole nitrogens is 1. The fraction of sp³-hybridized carbons (Fsp3) is 0.435. The second kappa shape index (κ2) is 8.63. The number of likely N-dealkylation sites (tertiary alicyclic amines) is 1. The summed E-state index contributed by atoms with van der Waals surface area (Å²) in [5.41, 5.74) is 2.92. The zero-order valence-electron chi connectivity index (χ0n) is 18.9. The van der Waals surface area contributed by atoms with Crippen molar-refractivity contribution in [3.8, 4) is 11.3 Å². The van der Waals surface area contributed by atoms with Crippen LogP contribution in [0.3, 0.4) is 0 Å². The van der Waals surface area contributed by atoms with Crippen molar-refractivity contribution in [2.45, 2.75) is 42.9 Å². The molecule has 0 aliphatic carbocycles. The van der Waals surface area contributed by atoms with E-state index in [1.54, 1.807) is 50.5 Å². The van der Waals surface area contributed by atoms with E-state index in [0.29, 0.717) is 35.0 Å². The zero-order valence-corrected chi connectivity index (χ0v) is 19.7. The topological polar surface area (TPSA) is 99.3 Å². The first-order valence-electron chi connectivity index (χ1n) is 10.8. The SMILES string of the molecule is CC(C)S(=O)(=O)c1ccc(-c2cnc3[nH]cc(C(=O)N4CCCC(N(C)C)C4)c3n2)cc1. The number of benzene rings is 1. The number of nitrogens with zero attached hydrogens (tertiary/aromatic N) is 4. The quantitative estimate of drug-likeness (QED) is 0.635. The van der Waals surface area contributed by atoms with Crippen LogP contribution in [0.25, 0.3) is 22.4 Å². The minimum atomic E-state index is -3.34. The Morgan fingerprint density at radius 1 is 1.22 bits per heavy atom. The van der Waals surface area contributed by atoms with Gasteiger partial charge in [0.15, 0.2) is 15.5 Å². The summed E-state index contributed by atoms with van der Waals surface area (Å²) < 4.78 is 24.8. The normalized spacial score (nSPS) is 17.4. The number of nitrogens with one attached hydrogen (secondary N) is 1. The van der Waals surface area contributed by atoms with Crippen LogP contribution >= 0.6 is 0 Å². The Morgan fingerprint density at radius 2 is 1.94 bits per heavy atom. The Balaban J connectivity index is 1.64. The molecule has 1 amide bonds. The molecule has 0 saturated carbocycles. The molecule has 2 aromatic heterocycles. The Hall–Kier alpha value is -2.78. The van der Waals surface area contributed by atoms with Gasteiger partial charge in [-0.3, -0.25) is 4.79 Å². The highest BCUT2D eigenvalue weighted by Crippen LogP contribution is 2.25. The number of sulfone groups is 1. The lowest BCUT2D eigenvalue weighted by atomic mass is 10.0. The first-order chi connectivity index (χ1) is 15.2. The van der Waals surface area contributed by atoms with Gasteiger partial charge >= 0.3 is 0 Å². The van der Waals surface area contributed by atoms with Crippen LogP contribution in [0.15, 0.2) is 41.6 Å². The third kappa shape index (κ3) is 4.14. The number of likely N-dealkylation sites (N-methyl/N-ethyl adjacent to an activating group) is 1. The molecule has 9 heteroatoms. The maximum absolute atomic E-state index is 13.3. The molecule has 1 aliphatic rings. The number of aromatic nitrogens is 3. The summed E-state index contributed by atoms with van der Waals surface area (Å²) >= 11 is 0. The summed E-state index contributed by atoms with van der Waals surface area (Å²) in [7, 11) is 0.746. The number of hydrogen-bond donors (Lipinski definition) is 1. The van der Waals surface area contributed by atoms with Crippen LogP contribution in [0.4, 0.5) is 0 Å². The molecule has 0 bridgehead atoms. The van der Waals surface area contributed by atoms with E-state index in [1.807, 2.05) is 19.0 Å². The molecular formula is C23H29N5O3S. The van der Waals surface area contributed by atoms with Crippen LogP contribution in [0.2, 0.25) is 0 Å². The number of rotatable bonds is 5. The van der Waals surface area contributed by atoms with Crippen molar-refractivity contribution in [3.63, 3.8) is 0 Å². The van der Waals surface area contributed by atoms with Crippen LogP contribution in [0.1, 0.15) is 37.0 Å². The summed E-state index contributed by atoms with van der Waals surface area (Å²) in [4.78, 5) is 29.8. The van der Waals surface area contributed by atoms with Crippen molar-refractivity contribution in [2.75, 3.05) is 27.2 Å². The highest BCUT2D eigenvalue weighted by atomic mass is 32.2. The van der Waals surface area contributed by atoms with Gasteiger partial charge in [-0.15, -0.1) is 0 Å². The van der Waals surface area contributed by atoms with Gasteiger partial charge in [0, 0.05) is 30.9 Å². The molecule has 1 aliphatic heterocycles. The first-order valence-corrected chi connectivity index (χ1v) is 12.4. The molecule has 32 heavy (non-hydrogen) atoms. The van der Waals surface area contributed by atoms with Gasteiger partial charge in [-0.2, -0.15) is 0 Å². The van der Waals surface area contributed by atoms with E-state index in [9.17, 15) is 13.2 Å². The Bertz CT molecular complexity index is 1230. The summed E-state index contributed by atoms with van der Waals surface area (Å²) in [5, 5.41) is -0.486. The monoisotopic (exact) mass is 455 g/mol. The van der Waals surface area contributed by atoms with Gasteiger partial charge < -0.3 is 14.8 Å². The molecular weight excluding hydrogens is 426 g/mol. The molecule has 170 valence electrons. The van der Waals surface area contributed by atoms with E-state index in [4.69, 9.17) is 4.98 Å². The van der Waals surface area contributed by atoms with E-state index in [2.05, 4.69) is 14.9 Å². The van der Waals surface area contributed by atoms with Gasteiger partial charge in [0.2, 0.25) is 0 Å². The zero-order chi connectivity index (χ0) is 23.0. The molecule has 1 atom stereocenters. The van der Waals surface area contributed by atoms with Crippen molar-refractivity contribution in [1.82, 2.24) is 24.8 Å². The van der Waals surface area contributed by atoms with Crippen molar-refractivity contribution in [3.05, 3.63) is 42.2 Å². The maximum Gasteiger partial charge on any atom is 0.257 e. The molecule has 1 N–H and O–H groups in total. The molecule has 1 saturated heterocycles. The molecule has 1 unspecified atom stereocenters. The minimum absolute atomic E-state index is 0.0485. The Labute approximate surface area is 188 Å². The molecule has 3 aromatic rings. The van der Waals surface area contributed by atoms with Gasteiger partial charge in [-0.1, -0.05) is 12.1 Å². The third-order valence-corrected chi connectivity index (χ3v) is 8.29. The fourth-order valence-corrected chi connectivity index (χ4v) is 5.07. The number of fused-ring (bicyclic) bond motifs is 1. The second-order valence-electron chi connectivity index (χ2n) is 8.78. The van der Waals surface area contributed by atoms with Crippen molar-refractivity contribution < 1.29 is 13.2 Å². The predicted molar refractivity (Wildman–Crippen MR) is 124 cm³/mol. The van der Waals surface area contributed by atoms with Crippen LogP contribution in [0, 0.1) is 0 Å². The van der Waals surface area contributed by atoms with Crippen LogP contribution in [0.5, 0.6) is 0 Å². The number of carbonyl (C=O) groups excluding carboxylic acids is 1. The first kappa shape index (κ1) is 22.4. The lowest BCUT2D eigenvalue weighted by molar-refractivity contribution is 0.0637. The van der Waals surface area contributed by atoms with E-state index in [0.717, 1.165) is 24.9 Å². The van der Waals surface area contributed by atoms with Crippen molar-refractivity contribution in [2.24, 2.45) is 0 Å². The van der Waals surface area contributed by atoms with Gasteiger partial charge in [0.25, 0.3) is 5.91 Å². The van der Waals surface area contributed by atoms with Gasteiger partial charge in [-0.05, 0) is 52.9 Å². The number of carbonyl (C=O) groups is 1. The molecule has 3 heterocycles. The molecule has 1 fully saturated rings. The number of hydrogen-bond acceptors (Lipinski definition) is 6. The smallest absolute Gasteiger partial charge is 0.257 e. The van der Waals surface area contributed by atoms with Gasteiger partial charge in [0.1, 0.15) is 5.52 Å². The summed E-state index contributed by atoms with van der Waals surface area (Å²) in [5.74, 6) is -0.0485. The lowest BCUT2D eigenvalue weighted by Crippen LogP contribution is -2.47. The average Bonchev–Trinajstić information content (AvgIpc) is 3.22. The van der Waals surface area contributed by atoms with Gasteiger partial charge in [0.05, 0.1) is 27.6 Å². The van der Waals surface area contributed by atoms with Crippen molar-refractivity contribution >= 4 is 26.9 Å². The standard InChI is InChI=1S/C23H29N5O3S/c1-15(2)32(30,31)18-9-7-16(8-10-18)20-13-25-22-21(26-20)19(12-24-22)23(29)28-11-5-6-17(14-28)27(3)4/h7-10,12-13,15,17H,5-6,11,14H2,1-4H3,(H,24,25). The molecule has 4 rings (SSSR count). The largest absolute Gasteiger partial charge is 0.344 e. The van der Waals surface area contributed by atoms with E-state index in [-0.39, 0.29) is 10.8 Å². The molecule has 0 radical (unpaired) electrons. The summed E-state index contributed by atoms with van der Waals surface area (Å²) in [6.07, 6.45) is 5.35. The van der Waals surface area contributed by atoms with E-state index >= 15 is 0 Å². The average molecular weight is 456 g/mol. The Kier molecular flexibility index (Phi) is 6.05.